The molecule has 0 amide bonds. The van der Waals surface area contributed by atoms with Crippen molar-refractivity contribution in [2.75, 3.05) is 20.2 Å². The molecule has 0 unspecified atom stereocenters. The number of nitrogens with zero attached hydrogens (tertiary/aromatic N) is 1. The summed E-state index contributed by atoms with van der Waals surface area (Å²) < 4.78 is 33.5. The molecule has 0 radical (unpaired) electrons. The van der Waals surface area contributed by atoms with Crippen LogP contribution in [0.2, 0.25) is 0 Å². The van der Waals surface area contributed by atoms with Gasteiger partial charge < -0.3 is 9.72 Å². The van der Waals surface area contributed by atoms with Crippen molar-refractivity contribution in [1.82, 2.24) is 9.88 Å². The predicted octanol–water partition coefficient (Wildman–Crippen LogP) is 5.41. The molecule has 33 heavy (non-hydrogen) atoms. The van der Waals surface area contributed by atoms with Gasteiger partial charge in [0.25, 0.3) is 0 Å². The third-order valence-electron chi connectivity index (χ3n) is 7.12. The van der Waals surface area contributed by atoms with Gasteiger partial charge in [-0.25, -0.2) is 8.42 Å². The number of ether oxygens (including phenoxy) is 1. The Morgan fingerprint density at radius 2 is 1.91 bits per heavy atom. The van der Waals surface area contributed by atoms with Gasteiger partial charge in [0.15, 0.2) is 0 Å². The number of nitrogens with one attached hydrogen (secondary N) is 1. The molecule has 3 heterocycles. The lowest BCUT2D eigenvalue weighted by Crippen LogP contribution is -2.32. The summed E-state index contributed by atoms with van der Waals surface area (Å²) in [6.45, 7) is 2.08. The highest BCUT2D eigenvalue weighted by atomic mass is 32.2. The topological polar surface area (TPSA) is 62.4 Å². The second-order valence-corrected chi connectivity index (χ2v) is 10.9. The summed E-state index contributed by atoms with van der Waals surface area (Å²) in [6, 6.07) is 19.5. The maximum atomic E-state index is 13.9. The molecule has 4 aromatic rings. The van der Waals surface area contributed by atoms with Crippen molar-refractivity contribution >= 4 is 37.1 Å². The molecule has 0 saturated carbocycles. The van der Waals surface area contributed by atoms with Gasteiger partial charge in [-0.3, -0.25) is 4.90 Å². The van der Waals surface area contributed by atoms with Gasteiger partial charge in [-0.2, -0.15) is 0 Å². The fraction of sp³-hybridized carbons (Fsp3) is 0.259. The Kier molecular flexibility index (Phi) is 4.82. The predicted molar refractivity (Wildman–Crippen MR) is 131 cm³/mol. The largest absolute Gasteiger partial charge is 0.496 e. The molecule has 1 saturated heterocycles. The highest BCUT2D eigenvalue weighted by Gasteiger charge is 2.30. The number of para-hydroxylation sites is 1. The Morgan fingerprint density at radius 3 is 2.76 bits per heavy atom. The molecule has 2 aliphatic rings. The second-order valence-electron chi connectivity index (χ2n) is 8.98. The van der Waals surface area contributed by atoms with E-state index >= 15 is 0 Å². The van der Waals surface area contributed by atoms with Crippen molar-refractivity contribution in [2.45, 2.75) is 35.2 Å². The zero-order valence-corrected chi connectivity index (χ0v) is 19.4. The third kappa shape index (κ3) is 3.36. The van der Waals surface area contributed by atoms with Crippen LogP contribution in [-0.4, -0.2) is 44.5 Å². The van der Waals surface area contributed by atoms with Crippen molar-refractivity contribution in [1.29, 1.82) is 0 Å². The van der Waals surface area contributed by atoms with E-state index in [-0.39, 0.29) is 5.03 Å². The number of H-pyrrole nitrogens is 1. The zero-order valence-electron chi connectivity index (χ0n) is 18.5. The third-order valence-corrected chi connectivity index (χ3v) is 8.84. The zero-order chi connectivity index (χ0) is 22.6. The average Bonchev–Trinajstić information content (AvgIpc) is 3.49. The van der Waals surface area contributed by atoms with Gasteiger partial charge in [0.2, 0.25) is 9.84 Å². The summed E-state index contributed by atoms with van der Waals surface area (Å²) in [7, 11) is -2.15. The first-order chi connectivity index (χ1) is 16.0. The van der Waals surface area contributed by atoms with E-state index in [1.54, 1.807) is 13.2 Å². The minimum atomic E-state index is -3.78. The van der Waals surface area contributed by atoms with Crippen molar-refractivity contribution in [2.24, 2.45) is 0 Å². The maximum Gasteiger partial charge on any atom is 0.222 e. The molecule has 1 fully saturated rings. The van der Waals surface area contributed by atoms with E-state index < -0.39 is 9.84 Å². The van der Waals surface area contributed by atoms with Crippen LogP contribution in [0, 0.1) is 0 Å². The van der Waals surface area contributed by atoms with Crippen molar-refractivity contribution in [3.63, 3.8) is 0 Å². The Balaban J connectivity index is 1.56. The van der Waals surface area contributed by atoms with E-state index in [2.05, 4.69) is 22.0 Å². The minimum Gasteiger partial charge on any atom is -0.496 e. The summed E-state index contributed by atoms with van der Waals surface area (Å²) in [6.07, 6.45) is 5.65. The van der Waals surface area contributed by atoms with Crippen molar-refractivity contribution in [3.8, 4) is 5.75 Å². The summed E-state index contributed by atoms with van der Waals surface area (Å²) in [5.74, 6) is 0.682. The number of benzene rings is 3. The van der Waals surface area contributed by atoms with Crippen LogP contribution in [0.3, 0.4) is 0 Å². The molecular formula is C27H26N2O3S. The lowest BCUT2D eigenvalue weighted by Gasteiger charge is -2.29. The van der Waals surface area contributed by atoms with Crippen LogP contribution < -0.4 is 4.74 Å². The van der Waals surface area contributed by atoms with E-state index in [0.29, 0.717) is 22.1 Å². The van der Waals surface area contributed by atoms with Gasteiger partial charge in [-0.05, 0) is 67.3 Å². The quantitative estimate of drug-likeness (QED) is 0.444. The number of hydrogen-bond acceptors (Lipinski definition) is 4. The smallest absolute Gasteiger partial charge is 0.222 e. The molecule has 6 heteroatoms. The summed E-state index contributed by atoms with van der Waals surface area (Å²) >= 11 is 0. The molecular weight excluding hydrogens is 432 g/mol. The molecule has 5 nitrogen and oxygen atoms in total. The number of rotatable bonds is 4. The highest BCUT2D eigenvalue weighted by Crippen LogP contribution is 2.39. The van der Waals surface area contributed by atoms with E-state index in [0.717, 1.165) is 41.4 Å². The van der Waals surface area contributed by atoms with Crippen LogP contribution in [0.15, 0.2) is 76.7 Å². The highest BCUT2D eigenvalue weighted by molar-refractivity contribution is 7.91. The molecule has 1 atom stereocenters. The molecule has 1 aromatic heterocycles. The van der Waals surface area contributed by atoms with Crippen molar-refractivity contribution in [3.05, 3.63) is 72.3 Å². The van der Waals surface area contributed by atoms with Gasteiger partial charge in [0.1, 0.15) is 10.8 Å². The SMILES string of the molecule is COc1cccc2c(S(=O)(=O)c3cc4ccccc4[nH]3)cc(C3=CCN4CCC[C@@H]4C3)cc12. The summed E-state index contributed by atoms with van der Waals surface area (Å²) in [4.78, 5) is 5.95. The van der Waals surface area contributed by atoms with E-state index in [1.807, 2.05) is 48.5 Å². The molecule has 1 N–H and O–H groups in total. The number of aromatic nitrogens is 1. The number of fused-ring (bicyclic) bond motifs is 3. The molecule has 2 aliphatic heterocycles. The van der Waals surface area contributed by atoms with E-state index in [9.17, 15) is 8.42 Å². The summed E-state index contributed by atoms with van der Waals surface area (Å²) in [5, 5.41) is 2.59. The monoisotopic (exact) mass is 458 g/mol. The standard InChI is InChI=1S/C27H26N2O3S/c1-32-25-10-4-8-22-23(25)15-20(18-11-13-29-12-5-7-21(29)14-18)16-26(22)33(30,31)27-17-19-6-2-3-9-24(19)28-27/h2-4,6,8-11,15-17,21,28H,5,7,12-14H2,1H3/t21-/m1/s1. The molecule has 3 aromatic carbocycles. The van der Waals surface area contributed by atoms with Crippen molar-refractivity contribution < 1.29 is 13.2 Å². The van der Waals surface area contributed by atoms with Gasteiger partial charge in [0.05, 0.1) is 12.0 Å². The molecule has 0 aliphatic carbocycles. The van der Waals surface area contributed by atoms with E-state index in [1.165, 1.54) is 18.4 Å². The van der Waals surface area contributed by atoms with Crippen LogP contribution in [-0.2, 0) is 9.84 Å². The Bertz CT molecular complexity index is 1480. The van der Waals surface area contributed by atoms with Gasteiger partial charge >= 0.3 is 0 Å². The van der Waals surface area contributed by atoms with Crippen LogP contribution in [0.4, 0.5) is 0 Å². The summed E-state index contributed by atoms with van der Waals surface area (Å²) in [5.41, 5.74) is 3.00. The normalized spacial score (nSPS) is 19.1. The molecule has 168 valence electrons. The Morgan fingerprint density at radius 1 is 1.03 bits per heavy atom. The number of hydrogen-bond donors (Lipinski definition) is 1. The first kappa shape index (κ1) is 20.5. The lowest BCUT2D eigenvalue weighted by atomic mass is 9.92. The first-order valence-electron chi connectivity index (χ1n) is 11.4. The Labute approximate surface area is 193 Å². The maximum absolute atomic E-state index is 13.9. The molecule has 0 bridgehead atoms. The van der Waals surface area contributed by atoms with Crippen LogP contribution >= 0.6 is 0 Å². The van der Waals surface area contributed by atoms with Gasteiger partial charge in [-0.1, -0.05) is 36.4 Å². The molecule has 0 spiro atoms. The minimum absolute atomic E-state index is 0.213. The second kappa shape index (κ2) is 7.75. The van der Waals surface area contributed by atoms with Gasteiger partial charge in [0, 0.05) is 34.3 Å². The fourth-order valence-corrected chi connectivity index (χ4v) is 6.90. The fourth-order valence-electron chi connectivity index (χ4n) is 5.39. The van der Waals surface area contributed by atoms with E-state index in [4.69, 9.17) is 4.74 Å². The average molecular weight is 459 g/mol. The lowest BCUT2D eigenvalue weighted by molar-refractivity contribution is 0.275. The van der Waals surface area contributed by atoms with Crippen LogP contribution in [0.5, 0.6) is 5.75 Å². The Hall–Kier alpha value is -3.09. The van der Waals surface area contributed by atoms with Gasteiger partial charge in [-0.15, -0.1) is 0 Å². The number of methoxy groups -OCH3 is 1. The number of sulfone groups is 1. The van der Waals surface area contributed by atoms with Crippen LogP contribution in [0.1, 0.15) is 24.8 Å². The van der Waals surface area contributed by atoms with Crippen LogP contribution in [0.25, 0.3) is 27.2 Å². The molecule has 6 rings (SSSR count). The number of aromatic amines is 1. The first-order valence-corrected chi connectivity index (χ1v) is 12.9.